The van der Waals surface area contributed by atoms with E-state index in [0.717, 1.165) is 22.3 Å². The van der Waals surface area contributed by atoms with Gasteiger partial charge in [-0.15, -0.1) is 22.7 Å². The number of para-hydroxylation sites is 1. The number of fused-ring (bicyclic) bond motifs is 8. The summed E-state index contributed by atoms with van der Waals surface area (Å²) >= 11 is 3.70. The molecule has 0 aliphatic heterocycles. The molecule has 11 aromatic rings. The maximum absolute atomic E-state index is 5.57. The second kappa shape index (κ2) is 12.6. The van der Waals surface area contributed by atoms with Gasteiger partial charge in [-0.1, -0.05) is 164 Å². The molecular formula is C51H31NS2. The van der Waals surface area contributed by atoms with Gasteiger partial charge >= 0.3 is 0 Å². The Morgan fingerprint density at radius 2 is 0.833 bits per heavy atom. The van der Waals surface area contributed by atoms with E-state index in [0.29, 0.717) is 0 Å². The highest BCUT2D eigenvalue weighted by molar-refractivity contribution is 7.26. The van der Waals surface area contributed by atoms with Crippen LogP contribution in [0.15, 0.2) is 188 Å². The van der Waals surface area contributed by atoms with Crippen molar-refractivity contribution in [1.29, 1.82) is 0 Å². The lowest BCUT2D eigenvalue weighted by molar-refractivity contribution is 1.43. The zero-order valence-electron chi connectivity index (χ0n) is 29.2. The largest absolute Gasteiger partial charge is 0.246 e. The molecule has 0 unspecified atom stereocenters. The summed E-state index contributed by atoms with van der Waals surface area (Å²) < 4.78 is 5.15. The number of aromatic nitrogens is 1. The standard InChI is InChI=1S/C51H31NS2/c1-2-11-34(12-3-1)38-13-4-5-14-39(38)35-25-21-32(22-26-35)33-23-27-36(28-24-33)49-51-48(42-16-7-9-20-46(42)54-51)43-18-10-17-40(50(43)52-49)37-29-30-47-44(31-37)41-15-6-8-19-45(41)53-47/h1-31H. The van der Waals surface area contributed by atoms with Gasteiger partial charge in [-0.25, -0.2) is 4.98 Å². The second-order valence-corrected chi connectivity index (χ2v) is 16.0. The van der Waals surface area contributed by atoms with Gasteiger partial charge in [0.1, 0.15) is 0 Å². The molecule has 3 heteroatoms. The number of nitrogens with zero attached hydrogens (tertiary/aromatic N) is 1. The van der Waals surface area contributed by atoms with Crippen LogP contribution in [0.1, 0.15) is 0 Å². The molecule has 0 saturated heterocycles. The van der Waals surface area contributed by atoms with E-state index >= 15 is 0 Å². The smallest absolute Gasteiger partial charge is 0.0888 e. The Balaban J connectivity index is 1.02. The highest BCUT2D eigenvalue weighted by Gasteiger charge is 2.19. The molecule has 11 rings (SSSR count). The summed E-state index contributed by atoms with van der Waals surface area (Å²) in [5, 5.41) is 6.38. The SMILES string of the molecule is c1ccc(-c2ccccc2-c2ccc(-c3ccc(-c4nc5c(-c6ccc7sc8ccccc8c7c6)cccc5c5c4sc4ccccc45)cc3)cc2)cc1. The second-order valence-electron chi connectivity index (χ2n) is 13.8. The summed E-state index contributed by atoms with van der Waals surface area (Å²) in [6.45, 7) is 0. The fraction of sp³-hybridized carbons (Fsp3) is 0. The Labute approximate surface area is 321 Å². The Morgan fingerprint density at radius 3 is 1.57 bits per heavy atom. The van der Waals surface area contributed by atoms with Crippen LogP contribution in [0.3, 0.4) is 0 Å². The van der Waals surface area contributed by atoms with Crippen LogP contribution >= 0.6 is 22.7 Å². The minimum Gasteiger partial charge on any atom is -0.246 e. The minimum atomic E-state index is 1.03. The summed E-state index contributed by atoms with van der Waals surface area (Å²) in [5.41, 5.74) is 12.9. The number of hydrogen-bond acceptors (Lipinski definition) is 3. The van der Waals surface area contributed by atoms with Crippen molar-refractivity contribution in [2.24, 2.45) is 0 Å². The quantitative estimate of drug-likeness (QED) is 0.172. The summed E-state index contributed by atoms with van der Waals surface area (Å²) in [5.74, 6) is 0. The predicted octanol–water partition coefficient (Wildman–Crippen LogP) is 15.3. The van der Waals surface area contributed by atoms with Gasteiger partial charge in [0.25, 0.3) is 0 Å². The number of thiophene rings is 2. The highest BCUT2D eigenvalue weighted by Crippen LogP contribution is 2.45. The monoisotopic (exact) mass is 721 g/mol. The normalized spacial score (nSPS) is 11.7. The number of hydrogen-bond donors (Lipinski definition) is 0. The van der Waals surface area contributed by atoms with Crippen LogP contribution in [-0.4, -0.2) is 4.98 Å². The van der Waals surface area contributed by atoms with Crippen molar-refractivity contribution in [2.75, 3.05) is 0 Å². The van der Waals surface area contributed by atoms with E-state index in [4.69, 9.17) is 4.98 Å². The first-order valence-electron chi connectivity index (χ1n) is 18.3. The van der Waals surface area contributed by atoms with E-state index in [-0.39, 0.29) is 0 Å². The molecule has 1 nitrogen and oxygen atoms in total. The average molecular weight is 722 g/mol. The Morgan fingerprint density at radius 1 is 0.315 bits per heavy atom. The molecule has 0 radical (unpaired) electrons. The molecule has 252 valence electrons. The first-order chi connectivity index (χ1) is 26.8. The number of rotatable bonds is 5. The maximum Gasteiger partial charge on any atom is 0.0888 e. The van der Waals surface area contributed by atoms with Gasteiger partial charge in [0.05, 0.1) is 15.9 Å². The molecule has 0 spiro atoms. The Bertz CT molecular complexity index is 3190. The van der Waals surface area contributed by atoms with Crippen molar-refractivity contribution in [3.8, 4) is 55.8 Å². The van der Waals surface area contributed by atoms with Crippen molar-refractivity contribution in [3.63, 3.8) is 0 Å². The third-order valence-electron chi connectivity index (χ3n) is 10.7. The molecule has 0 aliphatic carbocycles. The number of benzene rings is 8. The summed E-state index contributed by atoms with van der Waals surface area (Å²) in [6.07, 6.45) is 0. The molecule has 0 N–H and O–H groups in total. The lowest BCUT2D eigenvalue weighted by Gasteiger charge is -2.13. The first kappa shape index (κ1) is 31.2. The molecule has 8 aromatic carbocycles. The third kappa shape index (κ3) is 5.08. The molecule has 0 amide bonds. The van der Waals surface area contributed by atoms with Gasteiger partial charge in [-0.2, -0.15) is 0 Å². The molecular weight excluding hydrogens is 691 g/mol. The van der Waals surface area contributed by atoms with Crippen LogP contribution in [0, 0.1) is 0 Å². The number of pyridine rings is 1. The minimum absolute atomic E-state index is 1.03. The molecule has 0 atom stereocenters. The van der Waals surface area contributed by atoms with Gasteiger partial charge in [0, 0.05) is 52.2 Å². The van der Waals surface area contributed by atoms with Crippen molar-refractivity contribution in [1.82, 2.24) is 4.98 Å². The summed E-state index contributed by atoms with van der Waals surface area (Å²) in [4.78, 5) is 5.57. The van der Waals surface area contributed by atoms with Gasteiger partial charge in [-0.3, -0.25) is 0 Å². The van der Waals surface area contributed by atoms with E-state index < -0.39 is 0 Å². The van der Waals surface area contributed by atoms with Gasteiger partial charge in [0.15, 0.2) is 0 Å². The van der Waals surface area contributed by atoms with Crippen molar-refractivity contribution in [2.45, 2.75) is 0 Å². The van der Waals surface area contributed by atoms with E-state index in [1.807, 2.05) is 22.7 Å². The van der Waals surface area contributed by atoms with Crippen LogP contribution < -0.4 is 0 Å². The Hall–Kier alpha value is -6.39. The summed E-state index contributed by atoms with van der Waals surface area (Å²) in [6, 6.07) is 68.3. The average Bonchev–Trinajstić information content (AvgIpc) is 3.83. The first-order valence-corrected chi connectivity index (χ1v) is 19.9. The third-order valence-corrected chi connectivity index (χ3v) is 13.1. The van der Waals surface area contributed by atoms with Crippen LogP contribution in [0.2, 0.25) is 0 Å². The molecule has 0 bridgehead atoms. The van der Waals surface area contributed by atoms with Crippen molar-refractivity contribution < 1.29 is 0 Å². The molecule has 0 saturated carbocycles. The topological polar surface area (TPSA) is 12.9 Å². The van der Waals surface area contributed by atoms with Gasteiger partial charge in [0.2, 0.25) is 0 Å². The van der Waals surface area contributed by atoms with Gasteiger partial charge < -0.3 is 0 Å². The van der Waals surface area contributed by atoms with Crippen LogP contribution in [0.25, 0.3) is 107 Å². The van der Waals surface area contributed by atoms with E-state index in [9.17, 15) is 0 Å². The van der Waals surface area contributed by atoms with Crippen LogP contribution in [0.4, 0.5) is 0 Å². The maximum atomic E-state index is 5.57. The van der Waals surface area contributed by atoms with Crippen LogP contribution in [0.5, 0.6) is 0 Å². The zero-order chi connectivity index (χ0) is 35.6. The lowest BCUT2D eigenvalue weighted by Crippen LogP contribution is -1.91. The van der Waals surface area contributed by atoms with Crippen LogP contribution in [-0.2, 0) is 0 Å². The van der Waals surface area contributed by atoms with E-state index in [2.05, 4.69) is 188 Å². The van der Waals surface area contributed by atoms with E-state index in [1.54, 1.807) is 0 Å². The molecule has 3 aromatic heterocycles. The fourth-order valence-electron chi connectivity index (χ4n) is 8.10. The molecule has 3 heterocycles. The predicted molar refractivity (Wildman–Crippen MR) is 235 cm³/mol. The van der Waals surface area contributed by atoms with Crippen molar-refractivity contribution in [3.05, 3.63) is 188 Å². The Kier molecular flexibility index (Phi) is 7.29. The highest BCUT2D eigenvalue weighted by atomic mass is 32.1. The van der Waals surface area contributed by atoms with E-state index in [1.165, 1.54) is 84.7 Å². The lowest BCUT2D eigenvalue weighted by atomic mass is 9.93. The molecule has 0 aliphatic rings. The molecule has 0 fully saturated rings. The van der Waals surface area contributed by atoms with Gasteiger partial charge in [-0.05, 0) is 63.2 Å². The summed E-state index contributed by atoms with van der Waals surface area (Å²) in [7, 11) is 0. The van der Waals surface area contributed by atoms with Crippen molar-refractivity contribution >= 4 is 73.9 Å². The molecule has 54 heavy (non-hydrogen) atoms. The fourth-order valence-corrected chi connectivity index (χ4v) is 10.4. The zero-order valence-corrected chi connectivity index (χ0v) is 30.8.